The van der Waals surface area contributed by atoms with Gasteiger partial charge in [-0.2, -0.15) is 0 Å². The van der Waals surface area contributed by atoms with E-state index < -0.39 is 0 Å². The fourth-order valence-corrected chi connectivity index (χ4v) is 3.35. The van der Waals surface area contributed by atoms with E-state index in [9.17, 15) is 0 Å². The van der Waals surface area contributed by atoms with Crippen molar-refractivity contribution in [2.75, 3.05) is 30.9 Å². The van der Waals surface area contributed by atoms with Crippen molar-refractivity contribution in [3.8, 4) is 11.5 Å². The molecule has 0 bridgehead atoms. The van der Waals surface area contributed by atoms with Crippen LogP contribution in [-0.4, -0.2) is 26.3 Å². The van der Waals surface area contributed by atoms with Crippen molar-refractivity contribution < 1.29 is 9.47 Å². The van der Waals surface area contributed by atoms with Crippen molar-refractivity contribution in [3.63, 3.8) is 0 Å². The van der Waals surface area contributed by atoms with E-state index in [1.165, 1.54) is 25.7 Å². The zero-order valence-electron chi connectivity index (χ0n) is 12.4. The molecule has 110 valence electrons. The quantitative estimate of drug-likeness (QED) is 0.843. The van der Waals surface area contributed by atoms with Gasteiger partial charge in [-0.05, 0) is 18.8 Å². The third-order valence-corrected chi connectivity index (χ3v) is 4.53. The number of nitrogens with two attached hydrogens (primary N) is 1. The monoisotopic (exact) mass is 276 g/mol. The minimum atomic E-state index is 0.573. The Bertz CT molecular complexity index is 490. The molecular formula is C16H24N2O2. The largest absolute Gasteiger partial charge is 0.486 e. The van der Waals surface area contributed by atoms with E-state index in [-0.39, 0.29) is 0 Å². The van der Waals surface area contributed by atoms with Gasteiger partial charge in [0, 0.05) is 25.2 Å². The summed E-state index contributed by atoms with van der Waals surface area (Å²) < 4.78 is 11.2. The van der Waals surface area contributed by atoms with Crippen LogP contribution in [0.5, 0.6) is 11.5 Å². The van der Waals surface area contributed by atoms with Crippen LogP contribution in [0.15, 0.2) is 12.1 Å². The molecule has 3 rings (SSSR count). The lowest BCUT2D eigenvalue weighted by atomic mass is 9.86. The molecule has 1 aromatic carbocycles. The normalized spacial score (nSPS) is 25.3. The number of rotatable bonds is 2. The van der Waals surface area contributed by atoms with Gasteiger partial charge in [-0.25, -0.2) is 0 Å². The Balaban J connectivity index is 1.85. The molecule has 4 heteroatoms. The molecular weight excluding hydrogens is 252 g/mol. The van der Waals surface area contributed by atoms with Crippen molar-refractivity contribution in [2.24, 2.45) is 5.92 Å². The van der Waals surface area contributed by atoms with Crippen LogP contribution in [0.4, 0.5) is 11.4 Å². The van der Waals surface area contributed by atoms with E-state index in [4.69, 9.17) is 15.2 Å². The second-order valence-corrected chi connectivity index (χ2v) is 6.09. The Morgan fingerprint density at radius 3 is 2.55 bits per heavy atom. The first kappa shape index (κ1) is 13.4. The van der Waals surface area contributed by atoms with Gasteiger partial charge in [-0.15, -0.1) is 0 Å². The molecule has 2 N–H and O–H groups in total. The Morgan fingerprint density at radius 2 is 1.85 bits per heavy atom. The first-order chi connectivity index (χ1) is 9.65. The predicted octanol–water partition coefficient (Wildman–Crippen LogP) is 3.05. The molecule has 1 heterocycles. The number of fused-ring (bicyclic) bond motifs is 1. The number of hydrogen-bond donors (Lipinski definition) is 1. The summed E-state index contributed by atoms with van der Waals surface area (Å²) in [5, 5.41) is 0. The Morgan fingerprint density at radius 1 is 1.15 bits per heavy atom. The lowest BCUT2D eigenvalue weighted by Gasteiger charge is -2.36. The number of nitrogens with zero attached hydrogens (tertiary/aromatic N) is 1. The first-order valence-electron chi connectivity index (χ1n) is 7.57. The summed E-state index contributed by atoms with van der Waals surface area (Å²) in [5.41, 5.74) is 8.05. The van der Waals surface area contributed by atoms with Gasteiger partial charge in [0.05, 0.1) is 11.4 Å². The van der Waals surface area contributed by atoms with Crippen LogP contribution in [0.1, 0.15) is 32.6 Å². The van der Waals surface area contributed by atoms with E-state index >= 15 is 0 Å². The van der Waals surface area contributed by atoms with Crippen LogP contribution in [0.25, 0.3) is 0 Å². The average Bonchev–Trinajstić information content (AvgIpc) is 2.46. The fourth-order valence-electron chi connectivity index (χ4n) is 3.35. The molecule has 0 aromatic heterocycles. The number of ether oxygens (including phenoxy) is 2. The number of nitrogen functional groups attached to an aromatic ring is 1. The molecule has 0 amide bonds. The Labute approximate surface area is 120 Å². The predicted molar refractivity (Wildman–Crippen MR) is 81.7 cm³/mol. The zero-order valence-corrected chi connectivity index (χ0v) is 12.4. The van der Waals surface area contributed by atoms with Crippen LogP contribution < -0.4 is 20.1 Å². The summed E-state index contributed by atoms with van der Waals surface area (Å²) in [6, 6.07) is 4.50. The topological polar surface area (TPSA) is 47.7 Å². The highest BCUT2D eigenvalue weighted by atomic mass is 16.6. The molecule has 1 aliphatic carbocycles. The minimum absolute atomic E-state index is 0.573. The molecule has 1 saturated carbocycles. The van der Waals surface area contributed by atoms with Gasteiger partial charge in [0.25, 0.3) is 0 Å². The summed E-state index contributed by atoms with van der Waals surface area (Å²) in [4.78, 5) is 2.32. The summed E-state index contributed by atoms with van der Waals surface area (Å²) >= 11 is 0. The maximum Gasteiger partial charge on any atom is 0.163 e. The Hall–Kier alpha value is -1.58. The van der Waals surface area contributed by atoms with E-state index in [0.29, 0.717) is 19.3 Å². The maximum atomic E-state index is 6.21. The van der Waals surface area contributed by atoms with Crippen molar-refractivity contribution in [1.82, 2.24) is 0 Å². The van der Waals surface area contributed by atoms with Gasteiger partial charge in [0.15, 0.2) is 11.5 Å². The summed E-state index contributed by atoms with van der Waals surface area (Å²) in [6.07, 6.45) is 5.14. The molecule has 1 aliphatic heterocycles. The van der Waals surface area contributed by atoms with E-state index in [1.54, 1.807) is 0 Å². The lowest BCUT2D eigenvalue weighted by Crippen LogP contribution is -2.36. The third kappa shape index (κ3) is 2.51. The van der Waals surface area contributed by atoms with E-state index in [2.05, 4.69) is 18.9 Å². The highest BCUT2D eigenvalue weighted by Crippen LogP contribution is 2.40. The molecule has 1 aromatic rings. The van der Waals surface area contributed by atoms with Gasteiger partial charge < -0.3 is 20.1 Å². The number of benzene rings is 1. The third-order valence-electron chi connectivity index (χ3n) is 4.53. The second kappa shape index (κ2) is 5.43. The minimum Gasteiger partial charge on any atom is -0.486 e. The second-order valence-electron chi connectivity index (χ2n) is 6.09. The van der Waals surface area contributed by atoms with Gasteiger partial charge in [0.1, 0.15) is 13.2 Å². The van der Waals surface area contributed by atoms with Crippen LogP contribution in [0.2, 0.25) is 0 Å². The van der Waals surface area contributed by atoms with Crippen molar-refractivity contribution >= 4 is 11.4 Å². The fraction of sp³-hybridized carbons (Fsp3) is 0.625. The summed E-state index contributed by atoms with van der Waals surface area (Å²) in [6.45, 7) is 3.55. The van der Waals surface area contributed by atoms with Crippen LogP contribution in [0.3, 0.4) is 0 Å². The Kier molecular flexibility index (Phi) is 3.64. The molecule has 0 radical (unpaired) electrons. The molecule has 2 aliphatic rings. The molecule has 0 spiro atoms. The van der Waals surface area contributed by atoms with Gasteiger partial charge >= 0.3 is 0 Å². The highest BCUT2D eigenvalue weighted by Gasteiger charge is 2.25. The van der Waals surface area contributed by atoms with Crippen molar-refractivity contribution in [2.45, 2.75) is 38.6 Å². The van der Waals surface area contributed by atoms with E-state index in [1.807, 2.05) is 12.1 Å². The molecule has 1 fully saturated rings. The number of anilines is 2. The standard InChI is InChI=1S/C16H24N2O2/c1-11-4-3-5-12(8-11)18(2)14-10-16-15(9-13(14)17)19-6-7-20-16/h9-12H,3-8,17H2,1-2H3. The zero-order chi connectivity index (χ0) is 14.1. The summed E-state index contributed by atoms with van der Waals surface area (Å²) in [5.74, 6) is 2.38. The van der Waals surface area contributed by atoms with Gasteiger partial charge in [-0.3, -0.25) is 0 Å². The van der Waals surface area contributed by atoms with Gasteiger partial charge in [0.2, 0.25) is 0 Å². The van der Waals surface area contributed by atoms with Crippen LogP contribution in [0, 0.1) is 5.92 Å². The molecule has 20 heavy (non-hydrogen) atoms. The maximum absolute atomic E-state index is 6.21. The van der Waals surface area contributed by atoms with E-state index in [0.717, 1.165) is 28.8 Å². The molecule has 2 unspecified atom stereocenters. The van der Waals surface area contributed by atoms with Crippen molar-refractivity contribution in [3.05, 3.63) is 12.1 Å². The van der Waals surface area contributed by atoms with Gasteiger partial charge in [-0.1, -0.05) is 19.8 Å². The number of hydrogen-bond acceptors (Lipinski definition) is 4. The smallest absolute Gasteiger partial charge is 0.163 e. The SMILES string of the molecule is CC1CCCC(N(C)c2cc3c(cc2N)OCCO3)C1. The van der Waals surface area contributed by atoms with Crippen molar-refractivity contribution in [1.29, 1.82) is 0 Å². The van der Waals surface area contributed by atoms with Crippen LogP contribution in [-0.2, 0) is 0 Å². The molecule has 2 atom stereocenters. The van der Waals surface area contributed by atoms with Crippen LogP contribution >= 0.6 is 0 Å². The molecule has 0 saturated heterocycles. The summed E-state index contributed by atoms with van der Waals surface area (Å²) in [7, 11) is 2.14. The molecule has 4 nitrogen and oxygen atoms in total. The average molecular weight is 276 g/mol. The lowest BCUT2D eigenvalue weighted by molar-refractivity contribution is 0.171. The highest BCUT2D eigenvalue weighted by molar-refractivity contribution is 5.73. The first-order valence-corrected chi connectivity index (χ1v) is 7.57.